The van der Waals surface area contributed by atoms with Crippen LogP contribution in [-0.4, -0.2) is 48.0 Å². The van der Waals surface area contributed by atoms with Crippen LogP contribution < -0.4 is 23.8 Å². The van der Waals surface area contributed by atoms with E-state index in [4.69, 9.17) is 14.2 Å². The van der Waals surface area contributed by atoms with E-state index < -0.39 is 16.1 Å². The number of benzene rings is 2. The summed E-state index contributed by atoms with van der Waals surface area (Å²) in [5.41, 5.74) is 1.42. The van der Waals surface area contributed by atoms with Crippen LogP contribution in [0.5, 0.6) is 17.2 Å². The zero-order valence-electron chi connectivity index (χ0n) is 19.4. The van der Waals surface area contributed by atoms with Gasteiger partial charge in [-0.05, 0) is 54.8 Å². The Kier molecular flexibility index (Phi) is 8.77. The van der Waals surface area contributed by atoms with Crippen molar-refractivity contribution >= 4 is 21.6 Å². The molecule has 2 rings (SSSR count). The Morgan fingerprint density at radius 2 is 1.62 bits per heavy atom. The first kappa shape index (κ1) is 25.3. The van der Waals surface area contributed by atoms with E-state index in [0.29, 0.717) is 35.8 Å². The maximum absolute atomic E-state index is 12.9. The Balaban J connectivity index is 2.11. The van der Waals surface area contributed by atoms with Gasteiger partial charge in [0.25, 0.3) is 5.91 Å². The molecule has 0 heterocycles. The monoisotopic (exact) mass is 464 g/mol. The second-order valence-corrected chi connectivity index (χ2v) is 9.34. The lowest BCUT2D eigenvalue weighted by Crippen LogP contribution is -2.40. The van der Waals surface area contributed by atoms with E-state index in [-0.39, 0.29) is 11.9 Å². The Morgan fingerprint density at radius 3 is 2.12 bits per heavy atom. The van der Waals surface area contributed by atoms with Crippen LogP contribution in [0.1, 0.15) is 38.3 Å². The molecule has 0 aliphatic rings. The van der Waals surface area contributed by atoms with Crippen molar-refractivity contribution in [2.75, 3.05) is 31.8 Å². The third-order valence-electron chi connectivity index (χ3n) is 5.17. The van der Waals surface area contributed by atoms with Crippen molar-refractivity contribution in [1.29, 1.82) is 0 Å². The molecule has 2 aromatic rings. The van der Waals surface area contributed by atoms with E-state index in [2.05, 4.69) is 5.32 Å². The molecule has 0 aromatic heterocycles. The minimum Gasteiger partial charge on any atom is -0.493 e. The molecule has 8 nitrogen and oxygen atoms in total. The molecule has 0 aliphatic heterocycles. The highest BCUT2D eigenvalue weighted by atomic mass is 32.2. The molecule has 0 aliphatic carbocycles. The van der Waals surface area contributed by atoms with Gasteiger partial charge in [0, 0.05) is 7.05 Å². The molecule has 176 valence electrons. The van der Waals surface area contributed by atoms with E-state index in [1.165, 1.54) is 11.4 Å². The molecule has 2 aromatic carbocycles. The Morgan fingerprint density at radius 1 is 1.00 bits per heavy atom. The lowest BCUT2D eigenvalue weighted by molar-refractivity contribution is -0.128. The van der Waals surface area contributed by atoms with Crippen LogP contribution in [0.4, 0.5) is 5.69 Å². The third kappa shape index (κ3) is 6.29. The zero-order chi connectivity index (χ0) is 23.9. The first-order valence-corrected chi connectivity index (χ1v) is 12.2. The van der Waals surface area contributed by atoms with Crippen molar-refractivity contribution in [3.8, 4) is 17.2 Å². The molecule has 0 fully saturated rings. The van der Waals surface area contributed by atoms with E-state index in [0.717, 1.165) is 11.8 Å². The number of methoxy groups -OCH3 is 2. The lowest BCUT2D eigenvalue weighted by Gasteiger charge is -2.23. The van der Waals surface area contributed by atoms with Gasteiger partial charge in [0.05, 0.1) is 32.2 Å². The van der Waals surface area contributed by atoms with Crippen LogP contribution in [0.3, 0.4) is 0 Å². The van der Waals surface area contributed by atoms with E-state index in [9.17, 15) is 13.2 Å². The minimum atomic E-state index is -3.35. The average Bonchev–Trinajstić information content (AvgIpc) is 2.79. The summed E-state index contributed by atoms with van der Waals surface area (Å²) in [5.74, 6) is 1.47. The van der Waals surface area contributed by atoms with E-state index in [1.54, 1.807) is 38.5 Å². The van der Waals surface area contributed by atoms with Crippen molar-refractivity contribution < 1.29 is 27.4 Å². The highest BCUT2D eigenvalue weighted by Crippen LogP contribution is 2.31. The van der Waals surface area contributed by atoms with Crippen LogP contribution in [0.2, 0.25) is 0 Å². The van der Waals surface area contributed by atoms with Gasteiger partial charge in [-0.25, -0.2) is 8.42 Å². The molecule has 2 atom stereocenters. The van der Waals surface area contributed by atoms with Gasteiger partial charge < -0.3 is 19.5 Å². The van der Waals surface area contributed by atoms with Gasteiger partial charge >= 0.3 is 0 Å². The molecule has 0 radical (unpaired) electrons. The maximum Gasteiger partial charge on any atom is 0.261 e. The molecule has 1 amide bonds. The second-order valence-electron chi connectivity index (χ2n) is 7.32. The molecular weight excluding hydrogens is 432 g/mol. The molecular formula is C23H32N2O6S. The number of carbonyl (C=O) groups is 1. The number of sulfonamides is 1. The van der Waals surface area contributed by atoms with Gasteiger partial charge in [-0.1, -0.05) is 19.9 Å². The predicted octanol–water partition coefficient (Wildman–Crippen LogP) is 3.52. The topological polar surface area (TPSA) is 94.2 Å². The van der Waals surface area contributed by atoms with Crippen LogP contribution in [0.15, 0.2) is 42.5 Å². The summed E-state index contributed by atoms with van der Waals surface area (Å²) < 4.78 is 41.1. The van der Waals surface area contributed by atoms with Gasteiger partial charge in [0.2, 0.25) is 10.0 Å². The number of amides is 1. The molecule has 0 saturated carbocycles. The van der Waals surface area contributed by atoms with Crippen molar-refractivity contribution in [2.45, 2.75) is 38.8 Å². The molecule has 1 N–H and O–H groups in total. The summed E-state index contributed by atoms with van der Waals surface area (Å²) >= 11 is 0. The lowest BCUT2D eigenvalue weighted by atomic mass is 10.0. The number of nitrogens with one attached hydrogen (secondary N) is 1. The Hall–Kier alpha value is -2.94. The van der Waals surface area contributed by atoms with Crippen molar-refractivity contribution in [3.05, 3.63) is 48.0 Å². The van der Waals surface area contributed by atoms with Gasteiger partial charge in [-0.15, -0.1) is 0 Å². The van der Waals surface area contributed by atoms with E-state index >= 15 is 0 Å². The predicted molar refractivity (Wildman–Crippen MR) is 125 cm³/mol. The van der Waals surface area contributed by atoms with Gasteiger partial charge in [0.1, 0.15) is 5.75 Å². The highest BCUT2D eigenvalue weighted by molar-refractivity contribution is 7.92. The fraction of sp³-hybridized carbons (Fsp3) is 0.435. The summed E-state index contributed by atoms with van der Waals surface area (Å²) in [5, 5.41) is 3.04. The average molecular weight is 465 g/mol. The quantitative estimate of drug-likeness (QED) is 0.547. The largest absolute Gasteiger partial charge is 0.493 e. The number of nitrogens with zero attached hydrogens (tertiary/aromatic N) is 1. The minimum absolute atomic E-state index is 0.217. The second kappa shape index (κ2) is 11.1. The SMILES string of the molecule is CC[C@@H](Oc1ccc(N(C)S(C)(=O)=O)cc1)C(=O)N[C@H](CC)c1ccc(OC)c(OC)c1. The fourth-order valence-corrected chi connectivity index (χ4v) is 3.67. The smallest absolute Gasteiger partial charge is 0.261 e. The van der Waals surface area contributed by atoms with Gasteiger partial charge in [-0.3, -0.25) is 9.10 Å². The molecule has 32 heavy (non-hydrogen) atoms. The highest BCUT2D eigenvalue weighted by Gasteiger charge is 2.23. The van der Waals surface area contributed by atoms with Gasteiger partial charge in [-0.2, -0.15) is 0 Å². The molecule has 0 saturated heterocycles. The number of rotatable bonds is 11. The first-order chi connectivity index (χ1) is 15.1. The summed E-state index contributed by atoms with van der Waals surface area (Å²) in [6.45, 7) is 3.86. The number of hydrogen-bond acceptors (Lipinski definition) is 6. The maximum atomic E-state index is 12.9. The standard InChI is InChI=1S/C23H32N2O6S/c1-7-19(16-9-14-21(29-4)22(15-16)30-5)24-23(26)20(8-2)31-18-12-10-17(11-13-18)25(3)32(6,27)28/h9-15,19-20H,7-8H2,1-6H3,(H,24,26)/t19-,20-/m1/s1. The van der Waals surface area contributed by atoms with Crippen molar-refractivity contribution in [1.82, 2.24) is 5.32 Å². The van der Waals surface area contributed by atoms with E-state index in [1.807, 2.05) is 32.0 Å². The summed E-state index contributed by atoms with van der Waals surface area (Å²) in [7, 11) is 1.27. The Bertz CT molecular complexity index is 1010. The van der Waals surface area contributed by atoms with Crippen molar-refractivity contribution in [2.24, 2.45) is 0 Å². The number of ether oxygens (including phenoxy) is 3. The summed E-state index contributed by atoms with van der Waals surface area (Å²) in [6.07, 6.45) is 1.60. The van der Waals surface area contributed by atoms with Crippen LogP contribution in [-0.2, 0) is 14.8 Å². The normalized spacial score (nSPS) is 13.1. The van der Waals surface area contributed by atoms with Gasteiger partial charge in [0.15, 0.2) is 17.6 Å². The molecule has 0 spiro atoms. The van der Waals surface area contributed by atoms with Crippen molar-refractivity contribution in [3.63, 3.8) is 0 Å². The summed E-state index contributed by atoms with van der Waals surface area (Å²) in [4.78, 5) is 12.9. The first-order valence-electron chi connectivity index (χ1n) is 10.4. The molecule has 9 heteroatoms. The Labute approximate surface area is 190 Å². The van der Waals surface area contributed by atoms with Crippen LogP contribution in [0.25, 0.3) is 0 Å². The number of hydrogen-bond donors (Lipinski definition) is 1. The van der Waals surface area contributed by atoms with Crippen LogP contribution >= 0.6 is 0 Å². The molecule has 0 bridgehead atoms. The zero-order valence-corrected chi connectivity index (χ0v) is 20.2. The van der Waals surface area contributed by atoms with Crippen LogP contribution in [0, 0.1) is 0 Å². The summed E-state index contributed by atoms with van der Waals surface area (Å²) in [6, 6.07) is 11.9. The number of anilines is 1. The fourth-order valence-electron chi connectivity index (χ4n) is 3.17. The third-order valence-corrected chi connectivity index (χ3v) is 6.38. The number of carbonyl (C=O) groups excluding carboxylic acids is 1. The molecule has 0 unspecified atom stereocenters.